The summed E-state index contributed by atoms with van der Waals surface area (Å²) < 4.78 is 33.5. The molecule has 0 aromatic carbocycles. The zero-order valence-corrected chi connectivity index (χ0v) is 19.6. The number of pyridine rings is 1. The zero-order valence-electron chi connectivity index (χ0n) is 18.7. The predicted octanol–water partition coefficient (Wildman–Crippen LogP) is 0.921. The van der Waals surface area contributed by atoms with Gasteiger partial charge in [-0.05, 0) is 37.8 Å². The minimum Gasteiger partial charge on any atom is -0.379 e. The number of nitrogens with one attached hydrogen (secondary N) is 1. The average Bonchev–Trinajstić information content (AvgIpc) is 2.85. The van der Waals surface area contributed by atoms with E-state index in [1.807, 2.05) is 4.90 Å². The van der Waals surface area contributed by atoms with Crippen molar-refractivity contribution in [2.24, 2.45) is 5.92 Å². The predicted molar refractivity (Wildman–Crippen MR) is 122 cm³/mol. The van der Waals surface area contributed by atoms with Gasteiger partial charge in [-0.2, -0.15) is 4.31 Å². The number of anilines is 1. The Morgan fingerprint density at radius 2 is 1.78 bits per heavy atom. The molecule has 3 aliphatic rings. The van der Waals surface area contributed by atoms with E-state index < -0.39 is 10.0 Å². The number of amides is 1. The molecule has 9 nitrogen and oxygen atoms in total. The Bertz CT molecular complexity index is 861. The minimum absolute atomic E-state index is 0.0400. The summed E-state index contributed by atoms with van der Waals surface area (Å²) in [6, 6.07) is 3.35. The summed E-state index contributed by atoms with van der Waals surface area (Å²) in [5, 5.41) is 3.07. The lowest BCUT2D eigenvalue weighted by Crippen LogP contribution is -2.45. The largest absolute Gasteiger partial charge is 0.379 e. The van der Waals surface area contributed by atoms with E-state index in [1.165, 1.54) is 0 Å². The van der Waals surface area contributed by atoms with Crippen LogP contribution in [0.3, 0.4) is 0 Å². The summed E-state index contributed by atoms with van der Waals surface area (Å²) in [7, 11) is -3.56. The first-order valence-corrected chi connectivity index (χ1v) is 13.3. The second-order valence-electron chi connectivity index (χ2n) is 8.80. The number of carbonyl (C=O) groups is 1. The van der Waals surface area contributed by atoms with Crippen molar-refractivity contribution in [1.29, 1.82) is 0 Å². The molecule has 0 bridgehead atoms. The summed E-state index contributed by atoms with van der Waals surface area (Å²) in [6.07, 6.45) is 5.93. The highest BCUT2D eigenvalue weighted by molar-refractivity contribution is 7.89. The van der Waals surface area contributed by atoms with E-state index in [2.05, 4.69) is 15.2 Å². The van der Waals surface area contributed by atoms with Gasteiger partial charge in [0.1, 0.15) is 10.7 Å². The molecule has 0 spiro atoms. The van der Waals surface area contributed by atoms with Crippen LogP contribution in [0.15, 0.2) is 23.2 Å². The molecule has 1 aromatic rings. The van der Waals surface area contributed by atoms with Gasteiger partial charge >= 0.3 is 0 Å². The van der Waals surface area contributed by atoms with E-state index in [0.29, 0.717) is 51.4 Å². The molecule has 4 heterocycles. The number of piperidine rings is 2. The molecule has 32 heavy (non-hydrogen) atoms. The molecular formula is C22H35N5O4S. The monoisotopic (exact) mass is 465 g/mol. The maximum Gasteiger partial charge on any atom is 0.246 e. The van der Waals surface area contributed by atoms with Crippen LogP contribution in [0.2, 0.25) is 0 Å². The SMILES string of the molecule is O=C(NCCN1CCOCC1)C1CCN(c2ncccc2S(=O)(=O)N2CCCCC2)CC1. The molecule has 178 valence electrons. The molecule has 3 saturated heterocycles. The number of ether oxygens (including phenoxy) is 1. The van der Waals surface area contributed by atoms with Crippen molar-refractivity contribution in [3.63, 3.8) is 0 Å². The van der Waals surface area contributed by atoms with Crippen LogP contribution in [0.4, 0.5) is 5.82 Å². The van der Waals surface area contributed by atoms with Gasteiger partial charge in [-0.1, -0.05) is 6.42 Å². The summed E-state index contributed by atoms with van der Waals surface area (Å²) in [5.74, 6) is 0.575. The normalized spacial score (nSPS) is 22.1. The maximum absolute atomic E-state index is 13.3. The van der Waals surface area contributed by atoms with Crippen molar-refractivity contribution in [3.8, 4) is 0 Å². The van der Waals surface area contributed by atoms with Crippen LogP contribution in [-0.2, 0) is 19.6 Å². The third-order valence-electron chi connectivity index (χ3n) is 6.68. The number of nitrogens with zero attached hydrogens (tertiary/aromatic N) is 4. The van der Waals surface area contributed by atoms with Crippen LogP contribution in [-0.4, -0.2) is 94.1 Å². The Balaban J connectivity index is 1.32. The van der Waals surface area contributed by atoms with Crippen molar-refractivity contribution < 1.29 is 17.9 Å². The number of rotatable bonds is 7. The molecule has 0 unspecified atom stereocenters. The van der Waals surface area contributed by atoms with E-state index in [4.69, 9.17) is 4.74 Å². The molecule has 4 rings (SSSR count). The lowest BCUT2D eigenvalue weighted by Gasteiger charge is -2.34. The zero-order chi connectivity index (χ0) is 22.4. The molecule has 0 aliphatic carbocycles. The fraction of sp³-hybridized carbons (Fsp3) is 0.727. The Hall–Kier alpha value is -1.75. The lowest BCUT2D eigenvalue weighted by molar-refractivity contribution is -0.125. The fourth-order valence-electron chi connectivity index (χ4n) is 4.73. The first-order valence-electron chi connectivity index (χ1n) is 11.8. The highest BCUT2D eigenvalue weighted by Crippen LogP contribution is 2.30. The number of sulfonamides is 1. The third kappa shape index (κ3) is 5.59. The summed E-state index contributed by atoms with van der Waals surface area (Å²) in [4.78, 5) is 21.7. The van der Waals surface area contributed by atoms with E-state index in [-0.39, 0.29) is 16.7 Å². The van der Waals surface area contributed by atoms with Crippen molar-refractivity contribution in [2.75, 3.05) is 70.5 Å². The topological polar surface area (TPSA) is 95.1 Å². The fourth-order valence-corrected chi connectivity index (χ4v) is 6.41. The Morgan fingerprint density at radius 3 is 2.50 bits per heavy atom. The van der Waals surface area contributed by atoms with Gasteiger partial charge in [0.05, 0.1) is 13.2 Å². The number of hydrogen-bond acceptors (Lipinski definition) is 7. The van der Waals surface area contributed by atoms with E-state index in [9.17, 15) is 13.2 Å². The molecule has 1 N–H and O–H groups in total. The van der Waals surface area contributed by atoms with Gasteiger partial charge in [-0.3, -0.25) is 9.69 Å². The number of aromatic nitrogens is 1. The van der Waals surface area contributed by atoms with Crippen LogP contribution in [0, 0.1) is 5.92 Å². The second-order valence-corrected chi connectivity index (χ2v) is 10.7. The van der Waals surface area contributed by atoms with Gasteiger partial charge in [0, 0.05) is 64.5 Å². The molecule has 3 fully saturated rings. The first-order chi connectivity index (χ1) is 15.6. The minimum atomic E-state index is -3.56. The second kappa shape index (κ2) is 10.9. The smallest absolute Gasteiger partial charge is 0.246 e. The van der Waals surface area contributed by atoms with Crippen molar-refractivity contribution >= 4 is 21.7 Å². The first kappa shape index (κ1) is 23.4. The number of hydrogen-bond donors (Lipinski definition) is 1. The van der Waals surface area contributed by atoms with Gasteiger partial charge in [0.2, 0.25) is 15.9 Å². The lowest BCUT2D eigenvalue weighted by atomic mass is 9.96. The quantitative estimate of drug-likeness (QED) is 0.640. The molecule has 0 saturated carbocycles. The molecule has 1 amide bonds. The van der Waals surface area contributed by atoms with Crippen LogP contribution < -0.4 is 10.2 Å². The van der Waals surface area contributed by atoms with E-state index in [1.54, 1.807) is 22.6 Å². The van der Waals surface area contributed by atoms with Gasteiger partial charge in [0.25, 0.3) is 0 Å². The summed E-state index contributed by atoms with van der Waals surface area (Å²) in [6.45, 7) is 7.25. The molecular weight excluding hydrogens is 430 g/mol. The van der Waals surface area contributed by atoms with E-state index >= 15 is 0 Å². The van der Waals surface area contributed by atoms with E-state index in [0.717, 1.165) is 52.1 Å². The molecule has 10 heteroatoms. The van der Waals surface area contributed by atoms with Crippen LogP contribution >= 0.6 is 0 Å². The van der Waals surface area contributed by atoms with Gasteiger partial charge in [0.15, 0.2) is 0 Å². The Labute approximate surface area is 191 Å². The van der Waals surface area contributed by atoms with Gasteiger partial charge in [-0.25, -0.2) is 13.4 Å². The van der Waals surface area contributed by atoms with Crippen molar-refractivity contribution in [2.45, 2.75) is 37.0 Å². The molecule has 1 aromatic heterocycles. The Morgan fingerprint density at radius 1 is 1.06 bits per heavy atom. The van der Waals surface area contributed by atoms with Crippen LogP contribution in [0.25, 0.3) is 0 Å². The number of carbonyl (C=O) groups excluding carboxylic acids is 1. The average molecular weight is 466 g/mol. The Kier molecular flexibility index (Phi) is 7.98. The van der Waals surface area contributed by atoms with Gasteiger partial charge in [-0.15, -0.1) is 0 Å². The highest BCUT2D eigenvalue weighted by Gasteiger charge is 2.32. The maximum atomic E-state index is 13.3. The van der Waals surface area contributed by atoms with Crippen molar-refractivity contribution in [3.05, 3.63) is 18.3 Å². The molecule has 3 aliphatic heterocycles. The van der Waals surface area contributed by atoms with Crippen LogP contribution in [0.1, 0.15) is 32.1 Å². The summed E-state index contributed by atoms with van der Waals surface area (Å²) in [5.41, 5.74) is 0. The number of morpholine rings is 1. The van der Waals surface area contributed by atoms with Gasteiger partial charge < -0.3 is 15.0 Å². The molecule has 0 atom stereocenters. The van der Waals surface area contributed by atoms with Crippen molar-refractivity contribution in [1.82, 2.24) is 19.5 Å². The summed E-state index contributed by atoms with van der Waals surface area (Å²) >= 11 is 0. The third-order valence-corrected chi connectivity index (χ3v) is 8.60. The standard InChI is InChI=1S/C22H35N5O4S/c28-22(24-9-14-25-15-17-31-18-16-25)19-6-12-26(13-7-19)21-20(5-4-8-23-21)32(29,30)27-10-2-1-3-11-27/h4-5,8,19H,1-3,6-7,9-18H2,(H,24,28). The highest BCUT2D eigenvalue weighted by atomic mass is 32.2. The van der Waals surface area contributed by atoms with Crippen LogP contribution in [0.5, 0.6) is 0 Å². The molecule has 0 radical (unpaired) electrons.